The predicted octanol–water partition coefficient (Wildman–Crippen LogP) is 2.95. The largest absolute Gasteiger partial charge is 0.495 e. The molecule has 0 bridgehead atoms. The molecule has 10 nitrogen and oxygen atoms in total. The molecular weight excluding hydrogens is 520 g/mol. The molecule has 1 aliphatic carbocycles. The molecule has 6 rings (SSSR count). The van der Waals surface area contributed by atoms with Crippen LogP contribution in [-0.2, 0) is 14.3 Å². The molecule has 2 amide bonds. The fourth-order valence-electron chi connectivity index (χ4n) is 8.02. The van der Waals surface area contributed by atoms with Gasteiger partial charge in [0.2, 0.25) is 5.91 Å². The van der Waals surface area contributed by atoms with Crippen LogP contribution in [0.4, 0.5) is 4.79 Å². The second-order valence-electron chi connectivity index (χ2n) is 13.5. The van der Waals surface area contributed by atoms with E-state index in [2.05, 4.69) is 34.4 Å². The van der Waals surface area contributed by atoms with E-state index in [4.69, 9.17) is 9.47 Å². The van der Waals surface area contributed by atoms with E-state index in [9.17, 15) is 9.59 Å². The minimum atomic E-state index is -0.537. The van der Waals surface area contributed by atoms with Crippen molar-refractivity contribution in [3.63, 3.8) is 0 Å². The highest BCUT2D eigenvalue weighted by Gasteiger charge is 2.48. The molecule has 3 fully saturated rings. The number of amides is 2. The number of hydrogen-bond acceptors (Lipinski definition) is 8. The van der Waals surface area contributed by atoms with Crippen LogP contribution in [-0.4, -0.2) is 108 Å². The molecule has 2 N–H and O–H groups in total. The molecule has 3 saturated heterocycles. The quantitative estimate of drug-likeness (QED) is 0.535. The van der Waals surface area contributed by atoms with Crippen molar-refractivity contribution in [2.24, 2.45) is 5.92 Å². The SMILES string of the molecule is CCN1C2=C(CCCN2)C[C@@H]1[C@@H]1N[C@@H]2CC(C(=O)N3CC[C@@H]4CCN(C(=O)OC(C)(C)C)[C@@H]4C3)=CC(OC)=C2N1C. The maximum absolute atomic E-state index is 14.0. The number of carbonyl (C=O) groups is 2. The maximum Gasteiger partial charge on any atom is 0.410 e. The van der Waals surface area contributed by atoms with Crippen molar-refractivity contribution in [1.29, 1.82) is 0 Å². The van der Waals surface area contributed by atoms with Crippen LogP contribution < -0.4 is 10.6 Å². The first kappa shape index (κ1) is 28.2. The van der Waals surface area contributed by atoms with Crippen molar-refractivity contribution < 1.29 is 19.1 Å². The lowest BCUT2D eigenvalue weighted by molar-refractivity contribution is -0.129. The first-order chi connectivity index (χ1) is 19.6. The number of nitrogens with zero attached hydrogens (tertiary/aromatic N) is 4. The van der Waals surface area contributed by atoms with Gasteiger partial charge < -0.3 is 34.4 Å². The van der Waals surface area contributed by atoms with Gasteiger partial charge in [0, 0.05) is 45.3 Å². The van der Waals surface area contributed by atoms with Gasteiger partial charge in [-0.2, -0.15) is 0 Å². The standard InChI is InChI=1S/C31H48N6O4/c1-7-36-23(16-20-9-8-12-32-27(20)36)28-33-22-15-21(17-25(40-6)26(22)34(28)5)29(38)35-13-10-19-11-14-37(24(19)18-35)30(39)41-31(2,3)4/h17,19,22-24,28,32-33H,7-16,18H2,1-6H3/t19-,22-,23-,24-,28-/m1/s1. The molecule has 226 valence electrons. The predicted molar refractivity (Wildman–Crippen MR) is 156 cm³/mol. The Hall–Kier alpha value is -2.88. The van der Waals surface area contributed by atoms with E-state index in [1.165, 1.54) is 18.7 Å². The molecule has 5 aliphatic heterocycles. The summed E-state index contributed by atoms with van der Waals surface area (Å²) in [5.74, 6) is 2.57. The number of rotatable bonds is 4. The smallest absolute Gasteiger partial charge is 0.410 e. The summed E-state index contributed by atoms with van der Waals surface area (Å²) in [5.41, 5.74) is 2.91. The highest BCUT2D eigenvalue weighted by atomic mass is 16.6. The lowest BCUT2D eigenvalue weighted by Crippen LogP contribution is -2.53. The highest BCUT2D eigenvalue weighted by molar-refractivity contribution is 5.94. The first-order valence-corrected chi connectivity index (χ1v) is 15.6. The van der Waals surface area contributed by atoms with Crippen molar-refractivity contribution in [3.8, 4) is 0 Å². The van der Waals surface area contributed by atoms with Crippen molar-refractivity contribution >= 4 is 12.0 Å². The first-order valence-electron chi connectivity index (χ1n) is 15.6. The highest BCUT2D eigenvalue weighted by Crippen LogP contribution is 2.41. The normalized spacial score (nSPS) is 31.6. The summed E-state index contributed by atoms with van der Waals surface area (Å²) in [5, 5.41) is 7.56. The third-order valence-corrected chi connectivity index (χ3v) is 9.88. The van der Waals surface area contributed by atoms with Gasteiger partial charge in [-0.25, -0.2) is 4.79 Å². The molecule has 0 aromatic rings. The van der Waals surface area contributed by atoms with Crippen LogP contribution in [0.15, 0.2) is 34.5 Å². The Balaban J connectivity index is 1.16. The number of likely N-dealkylation sites (N-methyl/N-ethyl adjacent to an activating group) is 2. The fourth-order valence-corrected chi connectivity index (χ4v) is 8.02. The zero-order valence-electron chi connectivity index (χ0n) is 25.7. The second-order valence-corrected chi connectivity index (χ2v) is 13.5. The van der Waals surface area contributed by atoms with Crippen LogP contribution in [0.3, 0.4) is 0 Å². The Bertz CT molecular complexity index is 1170. The molecule has 0 aromatic carbocycles. The minimum Gasteiger partial charge on any atom is -0.495 e. The van der Waals surface area contributed by atoms with Gasteiger partial charge in [0.1, 0.15) is 23.3 Å². The zero-order valence-corrected chi connectivity index (χ0v) is 25.7. The third kappa shape index (κ3) is 5.06. The fraction of sp³-hybridized carbons (Fsp3) is 0.742. The van der Waals surface area contributed by atoms with Crippen LogP contribution in [0.2, 0.25) is 0 Å². The molecule has 0 spiro atoms. The summed E-state index contributed by atoms with van der Waals surface area (Å²) < 4.78 is 11.6. The Morgan fingerprint density at radius 1 is 1.12 bits per heavy atom. The second kappa shape index (κ2) is 10.7. The Kier molecular flexibility index (Phi) is 7.41. The molecule has 5 atom stereocenters. The number of allylic oxidation sites excluding steroid dienone is 1. The Morgan fingerprint density at radius 2 is 1.90 bits per heavy atom. The Labute approximate surface area is 244 Å². The van der Waals surface area contributed by atoms with E-state index in [-0.39, 0.29) is 30.2 Å². The number of likely N-dealkylation sites (tertiary alicyclic amines) is 2. The van der Waals surface area contributed by atoms with Gasteiger partial charge in [-0.15, -0.1) is 0 Å². The average Bonchev–Trinajstić information content (AvgIpc) is 3.63. The number of carbonyl (C=O) groups excluding carboxylic acids is 2. The van der Waals surface area contributed by atoms with Gasteiger partial charge in [0.15, 0.2) is 0 Å². The van der Waals surface area contributed by atoms with Crippen molar-refractivity contribution in [3.05, 3.63) is 34.5 Å². The summed E-state index contributed by atoms with van der Waals surface area (Å²) in [4.78, 5) is 35.6. The van der Waals surface area contributed by atoms with E-state index in [1.54, 1.807) is 12.7 Å². The summed E-state index contributed by atoms with van der Waals surface area (Å²) in [6.45, 7) is 11.9. The van der Waals surface area contributed by atoms with Gasteiger partial charge in [-0.1, -0.05) is 0 Å². The van der Waals surface area contributed by atoms with Crippen molar-refractivity contribution in [2.75, 3.05) is 46.9 Å². The number of fused-ring (bicyclic) bond motifs is 2. The molecule has 0 saturated carbocycles. The molecule has 10 heteroatoms. The van der Waals surface area contributed by atoms with Crippen LogP contribution in [0.1, 0.15) is 66.2 Å². The molecular formula is C31H48N6O4. The van der Waals surface area contributed by atoms with Crippen LogP contribution in [0, 0.1) is 5.92 Å². The number of ether oxygens (including phenoxy) is 2. The molecule has 0 unspecified atom stereocenters. The van der Waals surface area contributed by atoms with E-state index in [1.807, 2.05) is 36.6 Å². The molecule has 6 aliphatic rings. The van der Waals surface area contributed by atoms with Crippen molar-refractivity contribution in [2.45, 2.75) is 96.1 Å². The van der Waals surface area contributed by atoms with Crippen molar-refractivity contribution in [1.82, 2.24) is 30.2 Å². The molecule has 0 radical (unpaired) electrons. The summed E-state index contributed by atoms with van der Waals surface area (Å²) >= 11 is 0. The summed E-state index contributed by atoms with van der Waals surface area (Å²) in [6.07, 6.45) is 7.76. The van der Waals surface area contributed by atoms with E-state index in [0.717, 1.165) is 55.9 Å². The number of methoxy groups -OCH3 is 1. The average molecular weight is 569 g/mol. The topological polar surface area (TPSA) is 89.6 Å². The minimum absolute atomic E-state index is 0.00870. The Morgan fingerprint density at radius 3 is 2.63 bits per heavy atom. The van der Waals surface area contributed by atoms with Crippen LogP contribution >= 0.6 is 0 Å². The summed E-state index contributed by atoms with van der Waals surface area (Å²) in [6, 6.07) is 0.362. The zero-order chi connectivity index (χ0) is 29.1. The lowest BCUT2D eigenvalue weighted by Gasteiger charge is -2.39. The van der Waals surface area contributed by atoms with Gasteiger partial charge in [0.25, 0.3) is 0 Å². The molecule has 0 aromatic heterocycles. The van der Waals surface area contributed by atoms with E-state index in [0.29, 0.717) is 31.5 Å². The monoisotopic (exact) mass is 568 g/mol. The van der Waals surface area contributed by atoms with E-state index >= 15 is 0 Å². The van der Waals surface area contributed by atoms with Gasteiger partial charge in [0.05, 0.1) is 30.9 Å². The molecule has 41 heavy (non-hydrogen) atoms. The number of nitrogens with one attached hydrogen (secondary N) is 2. The van der Waals surface area contributed by atoms with Gasteiger partial charge in [-0.05, 0) is 83.8 Å². The lowest BCUT2D eigenvalue weighted by atomic mass is 9.90. The summed E-state index contributed by atoms with van der Waals surface area (Å²) in [7, 11) is 3.85. The number of hydrogen-bond donors (Lipinski definition) is 2. The van der Waals surface area contributed by atoms with Crippen LogP contribution in [0.5, 0.6) is 0 Å². The number of piperidine rings is 1. The molecule has 5 heterocycles. The maximum atomic E-state index is 14.0. The van der Waals surface area contributed by atoms with Crippen LogP contribution in [0.25, 0.3) is 0 Å². The van der Waals surface area contributed by atoms with Gasteiger partial charge >= 0.3 is 6.09 Å². The van der Waals surface area contributed by atoms with E-state index < -0.39 is 5.60 Å². The van der Waals surface area contributed by atoms with Gasteiger partial charge in [-0.3, -0.25) is 10.1 Å². The third-order valence-electron chi connectivity index (χ3n) is 9.88.